The predicted molar refractivity (Wildman–Crippen MR) is 94.6 cm³/mol. The molecule has 3 rings (SSSR count). The lowest BCUT2D eigenvalue weighted by atomic mass is 10.1. The van der Waals surface area contributed by atoms with Crippen LogP contribution >= 0.6 is 0 Å². The molecule has 1 N–H and O–H groups in total. The Labute approximate surface area is 152 Å². The highest BCUT2D eigenvalue weighted by Crippen LogP contribution is 2.17. The highest BCUT2D eigenvalue weighted by atomic mass is 32.2. The summed E-state index contributed by atoms with van der Waals surface area (Å²) in [4.78, 5) is 18.2. The van der Waals surface area contributed by atoms with Gasteiger partial charge in [0, 0.05) is 31.0 Å². The van der Waals surface area contributed by atoms with Gasteiger partial charge in [0.05, 0.1) is 10.5 Å². The van der Waals surface area contributed by atoms with Crippen LogP contribution in [0.3, 0.4) is 0 Å². The minimum Gasteiger partial charge on any atom is -0.337 e. The molecule has 0 radical (unpaired) electrons. The van der Waals surface area contributed by atoms with Crippen molar-refractivity contribution in [2.75, 3.05) is 13.1 Å². The Bertz CT molecular complexity index is 900. The largest absolute Gasteiger partial charge is 0.337 e. The monoisotopic (exact) mass is 377 g/mol. The Morgan fingerprint density at radius 3 is 2.81 bits per heavy atom. The van der Waals surface area contributed by atoms with Gasteiger partial charge >= 0.3 is 0 Å². The number of benzene rings is 1. The minimum atomic E-state index is -3.84. The second-order valence-corrected chi connectivity index (χ2v) is 8.07. The lowest BCUT2D eigenvalue weighted by molar-refractivity contribution is 0.0702. The van der Waals surface area contributed by atoms with Crippen LogP contribution in [0.2, 0.25) is 0 Å². The van der Waals surface area contributed by atoms with Crippen LogP contribution in [-0.4, -0.2) is 43.3 Å². The zero-order chi connectivity index (χ0) is 18.7. The van der Waals surface area contributed by atoms with Crippen LogP contribution in [0.15, 0.2) is 47.5 Å². The van der Waals surface area contributed by atoms with Crippen molar-refractivity contribution in [3.8, 4) is 0 Å². The molecule has 0 bridgehead atoms. The van der Waals surface area contributed by atoms with Gasteiger partial charge in [0.25, 0.3) is 5.91 Å². The summed E-state index contributed by atoms with van der Waals surface area (Å²) in [5.74, 6) is -0.785. The van der Waals surface area contributed by atoms with E-state index in [0.29, 0.717) is 24.9 Å². The first-order valence-corrected chi connectivity index (χ1v) is 9.83. The van der Waals surface area contributed by atoms with Crippen LogP contribution in [-0.2, 0) is 10.0 Å². The third-order valence-corrected chi connectivity index (χ3v) is 5.81. The Balaban J connectivity index is 1.70. The number of aryl methyl sites for hydroxylation is 1. The molecule has 1 atom stereocenters. The molecule has 2 aromatic rings. The number of hydrogen-bond acceptors (Lipinski definition) is 4. The molecule has 1 saturated heterocycles. The maximum Gasteiger partial charge on any atom is 0.255 e. The molecule has 0 saturated carbocycles. The van der Waals surface area contributed by atoms with Crippen LogP contribution < -0.4 is 4.72 Å². The van der Waals surface area contributed by atoms with Gasteiger partial charge in [-0.05, 0) is 50.1 Å². The molecule has 0 unspecified atom stereocenters. The second-order valence-electron chi connectivity index (χ2n) is 6.36. The number of amides is 1. The summed E-state index contributed by atoms with van der Waals surface area (Å²) in [5, 5.41) is 0. The first-order valence-electron chi connectivity index (χ1n) is 8.35. The molecule has 1 aliphatic heterocycles. The Morgan fingerprint density at radius 2 is 2.12 bits per heavy atom. The second kappa shape index (κ2) is 7.51. The summed E-state index contributed by atoms with van der Waals surface area (Å²) >= 11 is 0. The van der Waals surface area contributed by atoms with Crippen LogP contribution in [0.1, 0.15) is 28.9 Å². The third-order valence-electron chi connectivity index (χ3n) is 4.30. The highest BCUT2D eigenvalue weighted by molar-refractivity contribution is 7.89. The fraction of sp³-hybridized carbons (Fsp3) is 0.333. The lowest BCUT2D eigenvalue weighted by Gasteiger charge is -2.33. The Hall–Kier alpha value is -2.32. The van der Waals surface area contributed by atoms with E-state index in [1.807, 2.05) is 6.92 Å². The SMILES string of the molecule is Cc1ccc(C(=O)N2CCC[C@H](NS(=O)(=O)c3cccc(F)c3)C2)cn1. The molecule has 0 spiro atoms. The van der Waals surface area contributed by atoms with Crippen LogP contribution in [0.4, 0.5) is 4.39 Å². The molecule has 1 fully saturated rings. The first kappa shape index (κ1) is 18.5. The van der Waals surface area contributed by atoms with E-state index in [9.17, 15) is 17.6 Å². The number of carbonyl (C=O) groups is 1. The van der Waals surface area contributed by atoms with E-state index < -0.39 is 21.9 Å². The van der Waals surface area contributed by atoms with Crippen molar-refractivity contribution >= 4 is 15.9 Å². The molecule has 1 amide bonds. The quantitative estimate of drug-likeness (QED) is 0.885. The summed E-state index contributed by atoms with van der Waals surface area (Å²) in [7, 11) is -3.84. The molecular weight excluding hydrogens is 357 g/mol. The Kier molecular flexibility index (Phi) is 5.33. The molecule has 2 heterocycles. The van der Waals surface area contributed by atoms with Crippen LogP contribution in [0, 0.1) is 12.7 Å². The first-order chi connectivity index (χ1) is 12.3. The topological polar surface area (TPSA) is 79.4 Å². The number of carbonyl (C=O) groups excluding carboxylic acids is 1. The fourth-order valence-corrected chi connectivity index (χ4v) is 4.25. The van der Waals surface area contributed by atoms with Crippen molar-refractivity contribution in [3.05, 3.63) is 59.7 Å². The molecule has 1 aromatic heterocycles. The maximum absolute atomic E-state index is 13.3. The molecule has 1 aromatic carbocycles. The third kappa shape index (κ3) is 4.25. The van der Waals surface area contributed by atoms with Gasteiger partial charge in [0.1, 0.15) is 5.82 Å². The van der Waals surface area contributed by atoms with Crippen LogP contribution in [0.25, 0.3) is 0 Å². The predicted octanol–water partition coefficient (Wildman–Crippen LogP) is 2.11. The van der Waals surface area contributed by atoms with Crippen molar-refractivity contribution in [2.24, 2.45) is 0 Å². The molecule has 6 nitrogen and oxygen atoms in total. The van der Waals surface area contributed by atoms with Gasteiger partial charge in [-0.15, -0.1) is 0 Å². The van der Waals surface area contributed by atoms with E-state index in [1.165, 1.54) is 24.4 Å². The van der Waals surface area contributed by atoms with Crippen molar-refractivity contribution in [2.45, 2.75) is 30.7 Å². The van der Waals surface area contributed by atoms with Crippen LogP contribution in [0.5, 0.6) is 0 Å². The van der Waals surface area contributed by atoms with Gasteiger partial charge in [-0.2, -0.15) is 0 Å². The zero-order valence-electron chi connectivity index (χ0n) is 14.4. The minimum absolute atomic E-state index is 0.122. The van der Waals surface area contributed by atoms with Gasteiger partial charge < -0.3 is 4.90 Å². The molecular formula is C18H20FN3O3S. The van der Waals surface area contributed by atoms with E-state index in [0.717, 1.165) is 11.8 Å². The molecule has 1 aliphatic rings. The Morgan fingerprint density at radius 1 is 1.31 bits per heavy atom. The van der Waals surface area contributed by atoms with Crippen molar-refractivity contribution < 1.29 is 17.6 Å². The molecule has 8 heteroatoms. The fourth-order valence-electron chi connectivity index (χ4n) is 2.96. The number of piperidine rings is 1. The number of rotatable bonds is 4. The van der Waals surface area contributed by atoms with Gasteiger partial charge in [0.15, 0.2) is 0 Å². The van der Waals surface area contributed by atoms with E-state index in [2.05, 4.69) is 9.71 Å². The zero-order valence-corrected chi connectivity index (χ0v) is 15.2. The standard InChI is InChI=1S/C18H20FN3O3S/c1-13-7-8-14(11-20-13)18(23)22-9-3-5-16(12-22)21-26(24,25)17-6-2-4-15(19)10-17/h2,4,6-8,10-11,16,21H,3,5,9,12H2,1H3/t16-/m0/s1. The van der Waals surface area contributed by atoms with Crippen molar-refractivity contribution in [3.63, 3.8) is 0 Å². The summed E-state index contributed by atoms with van der Waals surface area (Å²) in [5.41, 5.74) is 1.30. The van der Waals surface area contributed by atoms with Gasteiger partial charge in [-0.3, -0.25) is 9.78 Å². The number of pyridine rings is 1. The summed E-state index contributed by atoms with van der Waals surface area (Å²) in [6.07, 6.45) is 2.82. The number of nitrogens with one attached hydrogen (secondary N) is 1. The van der Waals surface area contributed by atoms with Gasteiger partial charge in [0.2, 0.25) is 10.0 Å². The molecule has 138 valence electrons. The van der Waals surface area contributed by atoms with Gasteiger partial charge in [-0.1, -0.05) is 6.07 Å². The number of aromatic nitrogens is 1. The lowest BCUT2D eigenvalue weighted by Crippen LogP contribution is -2.49. The summed E-state index contributed by atoms with van der Waals surface area (Å²) in [6, 6.07) is 7.92. The van der Waals surface area contributed by atoms with Crippen molar-refractivity contribution in [1.82, 2.24) is 14.6 Å². The smallest absolute Gasteiger partial charge is 0.255 e. The summed E-state index contributed by atoms with van der Waals surface area (Å²) in [6.45, 7) is 2.67. The van der Waals surface area contributed by atoms with E-state index in [-0.39, 0.29) is 17.3 Å². The highest BCUT2D eigenvalue weighted by Gasteiger charge is 2.28. The van der Waals surface area contributed by atoms with E-state index in [1.54, 1.807) is 17.0 Å². The van der Waals surface area contributed by atoms with Gasteiger partial charge in [-0.25, -0.2) is 17.5 Å². The number of nitrogens with zero attached hydrogens (tertiary/aromatic N) is 2. The normalized spacial score (nSPS) is 17.9. The maximum atomic E-state index is 13.3. The number of halogens is 1. The number of likely N-dealkylation sites (tertiary alicyclic amines) is 1. The van der Waals surface area contributed by atoms with Crippen molar-refractivity contribution in [1.29, 1.82) is 0 Å². The average molecular weight is 377 g/mol. The van der Waals surface area contributed by atoms with E-state index in [4.69, 9.17) is 0 Å². The summed E-state index contributed by atoms with van der Waals surface area (Å²) < 4.78 is 40.8. The number of hydrogen-bond donors (Lipinski definition) is 1. The number of sulfonamides is 1. The molecule has 26 heavy (non-hydrogen) atoms. The average Bonchev–Trinajstić information content (AvgIpc) is 2.62. The molecule has 0 aliphatic carbocycles. The van der Waals surface area contributed by atoms with E-state index >= 15 is 0 Å².